The molecule has 0 unspecified atom stereocenters. The number of thiazole rings is 1. The third kappa shape index (κ3) is 4.61. The van der Waals surface area contributed by atoms with Gasteiger partial charge in [-0.2, -0.15) is 0 Å². The van der Waals surface area contributed by atoms with E-state index in [2.05, 4.69) is 20.9 Å². The zero-order chi connectivity index (χ0) is 21.3. The first-order valence-corrected chi connectivity index (χ1v) is 13.0. The topological polar surface area (TPSA) is 67.3 Å². The van der Waals surface area contributed by atoms with Crippen LogP contribution in [0.5, 0.6) is 0 Å². The van der Waals surface area contributed by atoms with E-state index in [1.807, 2.05) is 30.3 Å². The van der Waals surface area contributed by atoms with E-state index in [1.54, 1.807) is 29.3 Å². The molecular formula is C21H18BrClN2O3S2. The van der Waals surface area contributed by atoms with Crippen LogP contribution in [0, 0.1) is 0 Å². The quantitative estimate of drug-likeness (QED) is 0.492. The van der Waals surface area contributed by atoms with E-state index in [1.165, 1.54) is 11.3 Å². The van der Waals surface area contributed by atoms with Crippen molar-refractivity contribution in [3.63, 3.8) is 0 Å². The minimum Gasteiger partial charge on any atom is -0.336 e. The maximum Gasteiger partial charge on any atom is 0.253 e. The third-order valence-corrected chi connectivity index (χ3v) is 9.47. The molecule has 0 N–H and O–H groups in total. The Morgan fingerprint density at radius 1 is 1.23 bits per heavy atom. The lowest BCUT2D eigenvalue weighted by atomic mass is 10.1. The number of rotatable bonds is 4. The molecule has 1 aromatic heterocycles. The van der Waals surface area contributed by atoms with Crippen LogP contribution >= 0.6 is 38.9 Å². The molecule has 0 radical (unpaired) electrons. The van der Waals surface area contributed by atoms with Gasteiger partial charge in [0.25, 0.3) is 5.91 Å². The number of nitrogens with zero attached hydrogens (tertiary/aromatic N) is 2. The van der Waals surface area contributed by atoms with E-state index in [0.29, 0.717) is 26.5 Å². The Balaban J connectivity index is 1.55. The van der Waals surface area contributed by atoms with Crippen LogP contribution in [0.2, 0.25) is 5.02 Å². The third-order valence-electron chi connectivity index (χ3n) is 4.99. The van der Waals surface area contributed by atoms with Gasteiger partial charge in [0.05, 0.1) is 10.8 Å². The molecule has 30 heavy (non-hydrogen) atoms. The zero-order valence-electron chi connectivity index (χ0n) is 15.8. The molecule has 5 nitrogen and oxygen atoms in total. The molecule has 9 heteroatoms. The highest BCUT2D eigenvalue weighted by Gasteiger charge is 2.38. The van der Waals surface area contributed by atoms with Crippen molar-refractivity contribution in [1.82, 2.24) is 9.88 Å². The van der Waals surface area contributed by atoms with Gasteiger partial charge in [-0.25, -0.2) is 13.4 Å². The maximum absolute atomic E-state index is 12.9. The zero-order valence-corrected chi connectivity index (χ0v) is 19.8. The van der Waals surface area contributed by atoms with Crippen molar-refractivity contribution in [1.29, 1.82) is 0 Å². The Hall–Kier alpha value is -1.74. The van der Waals surface area contributed by atoms with Crippen molar-refractivity contribution in [2.24, 2.45) is 0 Å². The van der Waals surface area contributed by atoms with E-state index in [-0.39, 0.29) is 24.7 Å². The van der Waals surface area contributed by atoms with Crippen molar-refractivity contribution in [3.8, 4) is 0 Å². The summed E-state index contributed by atoms with van der Waals surface area (Å²) >= 11 is 10.8. The predicted octanol–water partition coefficient (Wildman–Crippen LogP) is 4.76. The molecule has 2 aromatic carbocycles. The second-order valence-electron chi connectivity index (χ2n) is 7.06. The van der Waals surface area contributed by atoms with Gasteiger partial charge in [0.15, 0.2) is 9.84 Å². The van der Waals surface area contributed by atoms with Gasteiger partial charge in [-0.15, -0.1) is 11.3 Å². The highest BCUT2D eigenvalue weighted by Crippen LogP contribution is 2.33. The van der Waals surface area contributed by atoms with Gasteiger partial charge in [0.1, 0.15) is 10.3 Å². The molecule has 4 rings (SSSR count). The van der Waals surface area contributed by atoms with Gasteiger partial charge in [-0.1, -0.05) is 41.9 Å². The number of carbonyl (C=O) groups is 1. The van der Waals surface area contributed by atoms with Crippen molar-refractivity contribution in [2.45, 2.75) is 11.7 Å². The normalized spacial score (nSPS) is 18.3. The molecule has 156 valence electrons. The molecule has 1 aliphatic rings. The maximum atomic E-state index is 12.9. The first kappa shape index (κ1) is 21.5. The number of halogens is 2. The molecule has 0 aliphatic carbocycles. The molecule has 1 atom stereocenters. The summed E-state index contributed by atoms with van der Waals surface area (Å²) in [5, 5.41) is 0.162. The Labute approximate surface area is 192 Å². The van der Waals surface area contributed by atoms with Gasteiger partial charge in [0, 0.05) is 40.6 Å². The second-order valence-corrected chi connectivity index (χ2v) is 11.8. The van der Waals surface area contributed by atoms with Crippen molar-refractivity contribution in [2.75, 3.05) is 18.8 Å². The summed E-state index contributed by atoms with van der Waals surface area (Å²) in [6.45, 7) is 0.251. The van der Waals surface area contributed by atoms with Gasteiger partial charge in [-0.3, -0.25) is 4.79 Å². The molecule has 1 amide bonds. The smallest absolute Gasteiger partial charge is 0.253 e. The molecular weight excluding hydrogens is 508 g/mol. The first-order chi connectivity index (χ1) is 14.3. The molecule has 0 bridgehead atoms. The summed E-state index contributed by atoms with van der Waals surface area (Å²) in [6, 6.07) is 14.9. The lowest BCUT2D eigenvalue weighted by Gasteiger charge is -2.31. The molecule has 1 fully saturated rings. The van der Waals surface area contributed by atoms with E-state index in [0.717, 1.165) is 10.4 Å². The summed E-state index contributed by atoms with van der Waals surface area (Å²) in [5.74, 6) is -0.313. The fourth-order valence-electron chi connectivity index (χ4n) is 3.36. The Bertz CT molecular complexity index is 1180. The number of carbonyl (C=O) groups excluding carboxylic acids is 1. The van der Waals surface area contributed by atoms with Crippen LogP contribution < -0.4 is 0 Å². The van der Waals surface area contributed by atoms with Gasteiger partial charge in [-0.05, 0) is 39.7 Å². The number of benzene rings is 2. The minimum absolute atomic E-state index is 0.0821. The number of amides is 1. The van der Waals surface area contributed by atoms with Crippen LogP contribution in [-0.4, -0.2) is 43.1 Å². The largest absolute Gasteiger partial charge is 0.336 e. The summed E-state index contributed by atoms with van der Waals surface area (Å²) in [5.41, 5.74) is 1.58. The highest BCUT2D eigenvalue weighted by atomic mass is 79.9. The molecule has 1 saturated heterocycles. The first-order valence-electron chi connectivity index (χ1n) is 9.28. The fourth-order valence-corrected chi connectivity index (χ4v) is 6.83. The van der Waals surface area contributed by atoms with Gasteiger partial charge in [0.2, 0.25) is 0 Å². The Morgan fingerprint density at radius 2 is 2.00 bits per heavy atom. The van der Waals surface area contributed by atoms with Crippen molar-refractivity contribution < 1.29 is 13.2 Å². The summed E-state index contributed by atoms with van der Waals surface area (Å²) < 4.78 is 26.2. The highest BCUT2D eigenvalue weighted by molar-refractivity contribution is 9.10. The summed E-state index contributed by atoms with van der Waals surface area (Å²) in [6.07, 6.45) is 2.43. The summed E-state index contributed by atoms with van der Waals surface area (Å²) in [7, 11) is -3.38. The van der Waals surface area contributed by atoms with E-state index in [9.17, 15) is 13.2 Å². The molecule has 3 aromatic rings. The monoisotopic (exact) mass is 524 g/mol. The van der Waals surface area contributed by atoms with Crippen LogP contribution in [0.15, 0.2) is 59.2 Å². The second kappa shape index (κ2) is 8.78. The van der Waals surface area contributed by atoms with Crippen LogP contribution in [-0.2, 0) is 16.3 Å². The molecule has 0 spiro atoms. The lowest BCUT2D eigenvalue weighted by molar-refractivity contribution is 0.0758. The fraction of sp³-hybridized carbons (Fsp3) is 0.238. The average molecular weight is 526 g/mol. The van der Waals surface area contributed by atoms with E-state index in [4.69, 9.17) is 11.6 Å². The average Bonchev–Trinajstić information content (AvgIpc) is 3.18. The summed E-state index contributed by atoms with van der Waals surface area (Å²) in [4.78, 5) is 19.9. The van der Waals surface area contributed by atoms with Crippen LogP contribution in [0.1, 0.15) is 31.1 Å². The Kier molecular flexibility index (Phi) is 6.29. The standard InChI is InChI=1S/C21H18BrClN2O3S2/c22-17-7-6-15(11-18(17)23)21(26)25-8-9-30(27,28)19(13-25)20-24-12-16(29-20)10-14-4-2-1-3-5-14/h1-7,11-12,19H,8-10,13H2/t19-/m1/s1. The molecule has 0 saturated carbocycles. The van der Waals surface area contributed by atoms with Crippen LogP contribution in [0.25, 0.3) is 0 Å². The molecule has 1 aliphatic heterocycles. The lowest BCUT2D eigenvalue weighted by Crippen LogP contribution is -2.45. The molecule has 2 heterocycles. The van der Waals surface area contributed by atoms with Crippen LogP contribution in [0.3, 0.4) is 0 Å². The van der Waals surface area contributed by atoms with Gasteiger partial charge >= 0.3 is 0 Å². The van der Waals surface area contributed by atoms with Crippen molar-refractivity contribution in [3.05, 3.63) is 85.2 Å². The minimum atomic E-state index is -3.38. The van der Waals surface area contributed by atoms with Gasteiger partial charge < -0.3 is 4.90 Å². The number of hydrogen-bond donors (Lipinski definition) is 0. The van der Waals surface area contributed by atoms with Crippen LogP contribution in [0.4, 0.5) is 0 Å². The van der Waals surface area contributed by atoms with E-state index >= 15 is 0 Å². The number of hydrogen-bond acceptors (Lipinski definition) is 5. The van der Waals surface area contributed by atoms with E-state index < -0.39 is 15.1 Å². The van der Waals surface area contributed by atoms with Crippen molar-refractivity contribution >= 4 is 54.6 Å². The Morgan fingerprint density at radius 3 is 2.73 bits per heavy atom. The SMILES string of the molecule is O=C(c1ccc(Br)c(Cl)c1)N1CCS(=O)(=O)[C@@H](c2ncc(Cc3ccccc3)s2)C1. The number of sulfone groups is 1. The number of aromatic nitrogens is 1. The predicted molar refractivity (Wildman–Crippen MR) is 123 cm³/mol.